The minimum absolute atomic E-state index is 0.0839. The summed E-state index contributed by atoms with van der Waals surface area (Å²) >= 11 is 4.09. The van der Waals surface area contributed by atoms with Crippen LogP contribution in [0.5, 0.6) is 0 Å². The first-order valence-corrected chi connectivity index (χ1v) is 13.7. The molecule has 178 valence electrons. The number of amides is 2. The number of anilines is 1. The number of hydrogen-bond donors (Lipinski definition) is 1. The van der Waals surface area contributed by atoms with Crippen LogP contribution in [0, 0.1) is 0 Å². The van der Waals surface area contributed by atoms with E-state index in [1.807, 2.05) is 28.8 Å². The molecule has 1 aliphatic rings. The number of nitrogens with zero attached hydrogens (tertiary/aromatic N) is 2. The summed E-state index contributed by atoms with van der Waals surface area (Å²) in [6.45, 7) is 4.34. The van der Waals surface area contributed by atoms with Gasteiger partial charge in [0.15, 0.2) is 4.80 Å². The highest BCUT2D eigenvalue weighted by Crippen LogP contribution is 2.38. The SMILES string of the molecule is C=CCn1c(=NC(=O)CSCC(=O)Nc2sc3c(c2C(=O)OC)CCCC3)sc2ccccc21. The summed E-state index contributed by atoms with van der Waals surface area (Å²) in [6.07, 6.45) is 5.60. The van der Waals surface area contributed by atoms with E-state index in [9.17, 15) is 14.4 Å². The number of ether oxygens (including phenoxy) is 1. The van der Waals surface area contributed by atoms with Crippen molar-refractivity contribution < 1.29 is 19.1 Å². The van der Waals surface area contributed by atoms with Crippen LogP contribution in [-0.4, -0.2) is 41.0 Å². The van der Waals surface area contributed by atoms with E-state index in [0.29, 0.717) is 21.9 Å². The number of allylic oxidation sites excluding steroid dienone is 1. The molecule has 1 N–H and O–H groups in total. The molecule has 7 nitrogen and oxygen atoms in total. The summed E-state index contributed by atoms with van der Waals surface area (Å²) in [5, 5.41) is 3.39. The molecule has 34 heavy (non-hydrogen) atoms. The maximum atomic E-state index is 12.6. The van der Waals surface area contributed by atoms with Gasteiger partial charge in [-0.05, 0) is 43.4 Å². The van der Waals surface area contributed by atoms with Gasteiger partial charge in [-0.3, -0.25) is 9.59 Å². The number of thiazole rings is 1. The normalized spacial score (nSPS) is 13.5. The molecular formula is C24H25N3O4S3. The van der Waals surface area contributed by atoms with E-state index in [2.05, 4.69) is 16.9 Å². The number of hydrogen-bond acceptors (Lipinski definition) is 7. The van der Waals surface area contributed by atoms with Gasteiger partial charge in [0.25, 0.3) is 5.91 Å². The van der Waals surface area contributed by atoms with Crippen molar-refractivity contribution in [2.75, 3.05) is 23.9 Å². The number of benzene rings is 1. The summed E-state index contributed by atoms with van der Waals surface area (Å²) in [5.41, 5.74) is 2.48. The van der Waals surface area contributed by atoms with Crippen LogP contribution in [0.15, 0.2) is 41.9 Å². The lowest BCUT2D eigenvalue weighted by molar-refractivity contribution is -0.115. The molecule has 0 atom stereocenters. The second-order valence-electron chi connectivity index (χ2n) is 7.70. The standard InChI is InChI=1S/C24H25N3O4S3/c1-3-12-27-16-9-5-7-11-18(16)34-24(27)26-20(29)14-32-13-19(28)25-22-21(23(30)31-2)15-8-4-6-10-17(15)33-22/h3,5,7,9,11H,1,4,6,8,10,12-14H2,2H3,(H,25,28). The maximum absolute atomic E-state index is 12.6. The average Bonchev–Trinajstić information content (AvgIpc) is 3.36. The molecule has 1 aliphatic carbocycles. The quantitative estimate of drug-likeness (QED) is 0.354. The van der Waals surface area contributed by atoms with Gasteiger partial charge in [0.05, 0.1) is 34.4 Å². The van der Waals surface area contributed by atoms with Crippen molar-refractivity contribution in [3.63, 3.8) is 0 Å². The Bertz CT molecular complexity index is 1320. The third-order valence-corrected chi connectivity index (χ3v) is 8.58. The second-order valence-corrected chi connectivity index (χ2v) is 10.8. The van der Waals surface area contributed by atoms with Gasteiger partial charge in [0, 0.05) is 11.4 Å². The molecule has 1 aromatic carbocycles. The molecule has 2 aromatic heterocycles. The predicted molar refractivity (Wildman–Crippen MR) is 139 cm³/mol. The largest absolute Gasteiger partial charge is 0.465 e. The zero-order valence-electron chi connectivity index (χ0n) is 18.8. The maximum Gasteiger partial charge on any atom is 0.341 e. The van der Waals surface area contributed by atoms with Crippen LogP contribution < -0.4 is 10.1 Å². The minimum atomic E-state index is -0.424. The molecule has 0 saturated heterocycles. The summed E-state index contributed by atoms with van der Waals surface area (Å²) in [7, 11) is 1.35. The number of carbonyl (C=O) groups is 3. The Hall–Kier alpha value is -2.69. The van der Waals surface area contributed by atoms with Crippen LogP contribution in [0.1, 0.15) is 33.6 Å². The summed E-state index contributed by atoms with van der Waals surface area (Å²) in [6, 6.07) is 7.88. The third-order valence-electron chi connectivity index (χ3n) is 5.39. The number of methoxy groups -OCH3 is 1. The first kappa shape index (κ1) is 24.4. The number of para-hydroxylation sites is 1. The van der Waals surface area contributed by atoms with E-state index in [4.69, 9.17) is 4.74 Å². The molecule has 2 amide bonds. The number of aryl methyl sites for hydroxylation is 1. The third kappa shape index (κ3) is 5.34. The van der Waals surface area contributed by atoms with E-state index >= 15 is 0 Å². The van der Waals surface area contributed by atoms with Crippen molar-refractivity contribution in [3.8, 4) is 0 Å². The smallest absolute Gasteiger partial charge is 0.341 e. The Balaban J connectivity index is 1.40. The molecule has 4 rings (SSSR count). The highest BCUT2D eigenvalue weighted by atomic mass is 32.2. The molecule has 0 aliphatic heterocycles. The van der Waals surface area contributed by atoms with Crippen molar-refractivity contribution in [2.24, 2.45) is 4.99 Å². The number of esters is 1. The fourth-order valence-electron chi connectivity index (χ4n) is 3.92. The molecule has 2 heterocycles. The van der Waals surface area contributed by atoms with Crippen LogP contribution in [0.4, 0.5) is 5.00 Å². The van der Waals surface area contributed by atoms with E-state index in [1.165, 1.54) is 41.5 Å². The Morgan fingerprint density at radius 1 is 1.21 bits per heavy atom. The summed E-state index contributed by atoms with van der Waals surface area (Å²) in [4.78, 5) is 43.4. The molecular weight excluding hydrogens is 490 g/mol. The molecule has 10 heteroatoms. The van der Waals surface area contributed by atoms with Crippen molar-refractivity contribution in [2.45, 2.75) is 32.2 Å². The van der Waals surface area contributed by atoms with Crippen LogP contribution in [0.3, 0.4) is 0 Å². The van der Waals surface area contributed by atoms with Gasteiger partial charge in [0.1, 0.15) is 5.00 Å². The molecule has 0 spiro atoms. The van der Waals surface area contributed by atoms with Crippen molar-refractivity contribution in [1.29, 1.82) is 0 Å². The summed E-state index contributed by atoms with van der Waals surface area (Å²) in [5.74, 6) is -0.814. The van der Waals surface area contributed by atoms with Gasteiger partial charge < -0.3 is 14.6 Å². The highest BCUT2D eigenvalue weighted by molar-refractivity contribution is 8.00. The number of aromatic nitrogens is 1. The van der Waals surface area contributed by atoms with Crippen molar-refractivity contribution in [3.05, 3.63) is 57.7 Å². The Morgan fingerprint density at radius 2 is 2.00 bits per heavy atom. The zero-order valence-corrected chi connectivity index (χ0v) is 21.2. The number of carbonyl (C=O) groups excluding carboxylic acids is 3. The predicted octanol–water partition coefficient (Wildman–Crippen LogP) is 4.41. The van der Waals surface area contributed by atoms with Gasteiger partial charge >= 0.3 is 5.97 Å². The van der Waals surface area contributed by atoms with Gasteiger partial charge in [-0.15, -0.1) is 29.7 Å². The van der Waals surface area contributed by atoms with Gasteiger partial charge in [-0.25, -0.2) is 4.79 Å². The van der Waals surface area contributed by atoms with Crippen LogP contribution in [0.2, 0.25) is 0 Å². The number of nitrogens with one attached hydrogen (secondary N) is 1. The second kappa shape index (κ2) is 11.2. The van der Waals surface area contributed by atoms with E-state index in [0.717, 1.165) is 46.3 Å². The molecule has 0 bridgehead atoms. The first-order valence-electron chi connectivity index (χ1n) is 10.9. The number of thioether (sulfide) groups is 1. The van der Waals surface area contributed by atoms with E-state index < -0.39 is 5.97 Å². The number of thiophene rings is 1. The lowest BCUT2D eigenvalue weighted by atomic mass is 9.95. The van der Waals surface area contributed by atoms with Crippen molar-refractivity contribution in [1.82, 2.24) is 4.57 Å². The molecule has 0 saturated carbocycles. The molecule has 3 aromatic rings. The lowest BCUT2D eigenvalue weighted by Crippen LogP contribution is -2.19. The van der Waals surface area contributed by atoms with Crippen LogP contribution >= 0.6 is 34.4 Å². The number of fused-ring (bicyclic) bond motifs is 2. The lowest BCUT2D eigenvalue weighted by Gasteiger charge is -2.11. The monoisotopic (exact) mass is 515 g/mol. The Kier molecular flexibility index (Phi) is 8.02. The van der Waals surface area contributed by atoms with E-state index in [1.54, 1.807) is 6.08 Å². The summed E-state index contributed by atoms with van der Waals surface area (Å²) < 4.78 is 7.95. The topological polar surface area (TPSA) is 89.8 Å². The first-order chi connectivity index (χ1) is 16.5. The highest BCUT2D eigenvalue weighted by Gasteiger charge is 2.26. The van der Waals surface area contributed by atoms with E-state index in [-0.39, 0.29) is 23.3 Å². The Labute approximate surface area is 209 Å². The zero-order chi connectivity index (χ0) is 24.1. The van der Waals surface area contributed by atoms with Crippen molar-refractivity contribution >= 4 is 67.4 Å². The number of rotatable bonds is 8. The van der Waals surface area contributed by atoms with Crippen LogP contribution in [0.25, 0.3) is 10.2 Å². The fraction of sp³-hybridized carbons (Fsp3) is 0.333. The van der Waals surface area contributed by atoms with Gasteiger partial charge in [0.2, 0.25) is 5.91 Å². The van der Waals surface area contributed by atoms with Crippen LogP contribution in [-0.2, 0) is 33.7 Å². The Morgan fingerprint density at radius 3 is 2.79 bits per heavy atom. The van der Waals surface area contributed by atoms with Gasteiger partial charge in [-0.1, -0.05) is 29.5 Å². The molecule has 0 radical (unpaired) electrons. The minimum Gasteiger partial charge on any atom is -0.465 e. The average molecular weight is 516 g/mol. The molecule has 0 fully saturated rings. The van der Waals surface area contributed by atoms with Gasteiger partial charge in [-0.2, -0.15) is 4.99 Å². The fourth-order valence-corrected chi connectivity index (χ4v) is 6.87. The molecule has 0 unspecified atom stereocenters.